The Hall–Kier alpha value is -2.43. The highest BCUT2D eigenvalue weighted by Crippen LogP contribution is 2.04. The average molecular weight is 228 g/mol. The molecule has 0 radical (unpaired) electrons. The molecule has 0 atom stereocenters. The molecule has 1 heterocycles. The Kier molecular flexibility index (Phi) is 3.64. The first-order valence-corrected chi connectivity index (χ1v) is 5.19. The van der Waals surface area contributed by atoms with Crippen LogP contribution in [0.4, 0.5) is 11.5 Å². The van der Waals surface area contributed by atoms with Gasteiger partial charge in [0, 0.05) is 18.1 Å². The number of aromatic nitrogens is 2. The molecule has 0 aliphatic carbocycles. The molecule has 86 valence electrons. The molecule has 0 fully saturated rings. The van der Waals surface area contributed by atoms with Gasteiger partial charge in [0.05, 0.1) is 12.7 Å². The fraction of sp³-hybridized carbons (Fsp3) is 0.0833. The second-order valence-electron chi connectivity index (χ2n) is 3.36. The normalized spacial score (nSPS) is 9.65. The fourth-order valence-electron chi connectivity index (χ4n) is 1.29. The molecule has 0 saturated heterocycles. The van der Waals surface area contributed by atoms with E-state index in [1.807, 2.05) is 30.3 Å². The fourth-order valence-corrected chi connectivity index (χ4v) is 1.29. The summed E-state index contributed by atoms with van der Waals surface area (Å²) in [5.41, 5.74) is 0.904. The molecule has 0 unspecified atom stereocenters. The van der Waals surface area contributed by atoms with Gasteiger partial charge in [-0.25, -0.2) is 4.98 Å². The van der Waals surface area contributed by atoms with E-state index >= 15 is 0 Å². The molecular formula is C12H12N4O. The van der Waals surface area contributed by atoms with E-state index in [9.17, 15) is 4.79 Å². The number of hydrogen-bond donors (Lipinski definition) is 2. The van der Waals surface area contributed by atoms with Gasteiger partial charge in [-0.3, -0.25) is 9.78 Å². The van der Waals surface area contributed by atoms with Crippen LogP contribution in [-0.2, 0) is 4.79 Å². The van der Waals surface area contributed by atoms with E-state index in [0.29, 0.717) is 5.82 Å². The lowest BCUT2D eigenvalue weighted by atomic mass is 10.3. The SMILES string of the molecule is O=C(CNc1ccccc1)Nc1cnccn1. The Bertz CT molecular complexity index is 472. The molecule has 5 heteroatoms. The Morgan fingerprint density at radius 1 is 1.18 bits per heavy atom. The van der Waals surface area contributed by atoms with E-state index in [1.54, 1.807) is 6.20 Å². The smallest absolute Gasteiger partial charge is 0.244 e. The van der Waals surface area contributed by atoms with Crippen molar-refractivity contribution in [1.29, 1.82) is 0 Å². The van der Waals surface area contributed by atoms with Crippen LogP contribution in [0.2, 0.25) is 0 Å². The van der Waals surface area contributed by atoms with E-state index < -0.39 is 0 Å². The third kappa shape index (κ3) is 3.57. The van der Waals surface area contributed by atoms with Gasteiger partial charge in [0.2, 0.25) is 5.91 Å². The summed E-state index contributed by atoms with van der Waals surface area (Å²) in [5, 5.41) is 5.64. The van der Waals surface area contributed by atoms with Crippen LogP contribution in [0.1, 0.15) is 0 Å². The van der Waals surface area contributed by atoms with Gasteiger partial charge in [0.15, 0.2) is 5.82 Å². The largest absolute Gasteiger partial charge is 0.376 e. The van der Waals surface area contributed by atoms with Gasteiger partial charge in [0.25, 0.3) is 0 Å². The van der Waals surface area contributed by atoms with Crippen molar-refractivity contribution in [2.24, 2.45) is 0 Å². The number of nitrogens with one attached hydrogen (secondary N) is 2. The molecule has 1 aromatic carbocycles. The van der Waals surface area contributed by atoms with E-state index in [0.717, 1.165) is 5.69 Å². The molecule has 1 aromatic heterocycles. The summed E-state index contributed by atoms with van der Waals surface area (Å²) < 4.78 is 0. The highest BCUT2D eigenvalue weighted by Gasteiger charge is 2.02. The topological polar surface area (TPSA) is 66.9 Å². The van der Waals surface area contributed by atoms with Gasteiger partial charge in [0.1, 0.15) is 0 Å². The minimum absolute atomic E-state index is 0.158. The van der Waals surface area contributed by atoms with Gasteiger partial charge < -0.3 is 10.6 Å². The second kappa shape index (κ2) is 5.60. The average Bonchev–Trinajstić information content (AvgIpc) is 2.39. The number of amides is 1. The quantitative estimate of drug-likeness (QED) is 0.832. The third-order valence-corrected chi connectivity index (χ3v) is 2.06. The number of nitrogens with zero attached hydrogens (tertiary/aromatic N) is 2. The Labute approximate surface area is 98.9 Å². The summed E-state index contributed by atoms with van der Waals surface area (Å²) in [5.74, 6) is 0.293. The first-order chi connectivity index (χ1) is 8.34. The molecule has 0 bridgehead atoms. The summed E-state index contributed by atoms with van der Waals surface area (Å²) in [6.45, 7) is 0.195. The zero-order chi connectivity index (χ0) is 11.9. The van der Waals surface area contributed by atoms with Crippen molar-refractivity contribution in [3.63, 3.8) is 0 Å². The standard InChI is InChI=1S/C12H12N4O/c17-12(16-11-8-13-6-7-14-11)9-15-10-4-2-1-3-5-10/h1-8,15H,9H2,(H,14,16,17). The molecule has 0 aliphatic heterocycles. The summed E-state index contributed by atoms with van der Waals surface area (Å²) in [6.07, 6.45) is 4.58. The maximum absolute atomic E-state index is 11.5. The number of rotatable bonds is 4. The predicted molar refractivity (Wildman–Crippen MR) is 65.6 cm³/mol. The molecule has 0 aliphatic rings. The van der Waals surface area contributed by atoms with Crippen LogP contribution in [-0.4, -0.2) is 22.4 Å². The van der Waals surface area contributed by atoms with Crippen LogP contribution >= 0.6 is 0 Å². The van der Waals surface area contributed by atoms with Crippen molar-refractivity contribution in [3.8, 4) is 0 Å². The number of para-hydroxylation sites is 1. The van der Waals surface area contributed by atoms with Gasteiger partial charge in [-0.15, -0.1) is 0 Å². The lowest BCUT2D eigenvalue weighted by Gasteiger charge is -2.06. The van der Waals surface area contributed by atoms with Crippen molar-refractivity contribution >= 4 is 17.4 Å². The summed E-state index contributed by atoms with van der Waals surface area (Å²) in [4.78, 5) is 19.4. The van der Waals surface area contributed by atoms with E-state index in [2.05, 4.69) is 20.6 Å². The first kappa shape index (κ1) is 11.1. The predicted octanol–water partition coefficient (Wildman–Crippen LogP) is 1.53. The zero-order valence-electron chi connectivity index (χ0n) is 9.13. The maximum atomic E-state index is 11.5. The van der Waals surface area contributed by atoms with Crippen molar-refractivity contribution in [1.82, 2.24) is 9.97 Å². The Morgan fingerprint density at radius 2 is 2.00 bits per heavy atom. The zero-order valence-corrected chi connectivity index (χ0v) is 9.13. The Balaban J connectivity index is 1.83. The van der Waals surface area contributed by atoms with Gasteiger partial charge in [-0.05, 0) is 12.1 Å². The summed E-state index contributed by atoms with van der Waals surface area (Å²) in [6, 6.07) is 9.53. The van der Waals surface area contributed by atoms with Crippen molar-refractivity contribution in [2.45, 2.75) is 0 Å². The van der Waals surface area contributed by atoms with Gasteiger partial charge in [-0.1, -0.05) is 18.2 Å². The first-order valence-electron chi connectivity index (χ1n) is 5.19. The lowest BCUT2D eigenvalue weighted by Crippen LogP contribution is -2.22. The van der Waals surface area contributed by atoms with E-state index in [1.165, 1.54) is 12.4 Å². The molecule has 0 saturated carbocycles. The van der Waals surface area contributed by atoms with Crippen molar-refractivity contribution in [3.05, 3.63) is 48.9 Å². The van der Waals surface area contributed by atoms with Crippen molar-refractivity contribution in [2.75, 3.05) is 17.2 Å². The third-order valence-electron chi connectivity index (χ3n) is 2.06. The van der Waals surface area contributed by atoms with Gasteiger partial charge >= 0.3 is 0 Å². The molecule has 2 rings (SSSR count). The molecule has 5 nitrogen and oxygen atoms in total. The number of carbonyl (C=O) groups is 1. The molecule has 17 heavy (non-hydrogen) atoms. The highest BCUT2D eigenvalue weighted by atomic mass is 16.1. The number of anilines is 2. The van der Waals surface area contributed by atoms with Crippen LogP contribution in [0.3, 0.4) is 0 Å². The Morgan fingerprint density at radius 3 is 2.71 bits per heavy atom. The molecule has 2 N–H and O–H groups in total. The summed E-state index contributed by atoms with van der Waals surface area (Å²) >= 11 is 0. The highest BCUT2D eigenvalue weighted by molar-refractivity contribution is 5.92. The number of benzene rings is 1. The van der Waals surface area contributed by atoms with Crippen LogP contribution < -0.4 is 10.6 Å². The monoisotopic (exact) mass is 228 g/mol. The maximum Gasteiger partial charge on any atom is 0.244 e. The van der Waals surface area contributed by atoms with Crippen LogP contribution in [0.25, 0.3) is 0 Å². The van der Waals surface area contributed by atoms with E-state index in [4.69, 9.17) is 0 Å². The molecule has 0 spiro atoms. The molecule has 1 amide bonds. The van der Waals surface area contributed by atoms with Crippen molar-refractivity contribution < 1.29 is 4.79 Å². The summed E-state index contributed by atoms with van der Waals surface area (Å²) in [7, 11) is 0. The molecule has 2 aromatic rings. The van der Waals surface area contributed by atoms with Crippen LogP contribution in [0.5, 0.6) is 0 Å². The minimum atomic E-state index is -0.158. The molecular weight excluding hydrogens is 216 g/mol. The number of carbonyl (C=O) groups excluding carboxylic acids is 1. The lowest BCUT2D eigenvalue weighted by molar-refractivity contribution is -0.114. The van der Waals surface area contributed by atoms with Crippen LogP contribution in [0.15, 0.2) is 48.9 Å². The van der Waals surface area contributed by atoms with Crippen LogP contribution in [0, 0.1) is 0 Å². The minimum Gasteiger partial charge on any atom is -0.376 e. The number of hydrogen-bond acceptors (Lipinski definition) is 4. The van der Waals surface area contributed by atoms with E-state index in [-0.39, 0.29) is 12.5 Å². The van der Waals surface area contributed by atoms with Gasteiger partial charge in [-0.2, -0.15) is 0 Å². The second-order valence-corrected chi connectivity index (χ2v) is 3.36.